The van der Waals surface area contributed by atoms with Crippen molar-refractivity contribution in [3.63, 3.8) is 0 Å². The van der Waals surface area contributed by atoms with Gasteiger partial charge < -0.3 is 14.4 Å². The zero-order valence-corrected chi connectivity index (χ0v) is 17.1. The van der Waals surface area contributed by atoms with Crippen LogP contribution >= 0.6 is 0 Å². The number of nitrogens with zero attached hydrogens (tertiary/aromatic N) is 1. The summed E-state index contributed by atoms with van der Waals surface area (Å²) in [4.78, 5) is 2.45. The molecule has 3 aromatic carbocycles. The van der Waals surface area contributed by atoms with Gasteiger partial charge >= 0.3 is 0 Å². The molecule has 1 aliphatic rings. The Morgan fingerprint density at radius 1 is 0.828 bits per heavy atom. The average Bonchev–Trinajstić information content (AvgIpc) is 2.79. The Hall–Kier alpha value is -2.94. The third-order valence-corrected chi connectivity index (χ3v) is 5.72. The Morgan fingerprint density at radius 2 is 1.48 bits per heavy atom. The van der Waals surface area contributed by atoms with Crippen LogP contribution in [0.25, 0.3) is 0 Å². The maximum Gasteiger partial charge on any atom is 0.145 e. The predicted molar refractivity (Wildman–Crippen MR) is 119 cm³/mol. The molecule has 4 rings (SSSR count). The lowest BCUT2D eigenvalue weighted by molar-refractivity contribution is 0.303. The van der Waals surface area contributed by atoms with Crippen molar-refractivity contribution in [1.82, 2.24) is 0 Å². The van der Waals surface area contributed by atoms with E-state index in [1.807, 2.05) is 24.3 Å². The van der Waals surface area contributed by atoms with E-state index in [2.05, 4.69) is 59.5 Å². The highest BCUT2D eigenvalue weighted by Crippen LogP contribution is 2.35. The standard InChI is InChI=1S/C26H29NO2/c1-28-26-19-24(29-20-23-10-6-3-7-11-23)12-13-25(26)27-16-14-22(15-17-27)18-21-8-4-2-5-9-21/h2-13,19,22H,14-18,20H2,1H3. The normalized spacial score (nSPS) is 14.6. The van der Waals surface area contributed by atoms with Gasteiger partial charge in [-0.25, -0.2) is 0 Å². The van der Waals surface area contributed by atoms with Gasteiger partial charge in [0, 0.05) is 19.2 Å². The molecule has 3 heteroatoms. The van der Waals surface area contributed by atoms with Gasteiger partial charge in [0.2, 0.25) is 0 Å². The Morgan fingerprint density at radius 3 is 2.14 bits per heavy atom. The van der Waals surface area contributed by atoms with Crippen molar-refractivity contribution in [2.24, 2.45) is 5.92 Å². The third-order valence-electron chi connectivity index (χ3n) is 5.72. The first-order chi connectivity index (χ1) is 14.3. The largest absolute Gasteiger partial charge is 0.494 e. The molecule has 1 fully saturated rings. The van der Waals surface area contributed by atoms with Crippen molar-refractivity contribution >= 4 is 5.69 Å². The fraction of sp³-hybridized carbons (Fsp3) is 0.308. The van der Waals surface area contributed by atoms with Crippen molar-refractivity contribution in [1.29, 1.82) is 0 Å². The lowest BCUT2D eigenvalue weighted by Gasteiger charge is -2.34. The maximum absolute atomic E-state index is 5.96. The van der Waals surface area contributed by atoms with Crippen molar-refractivity contribution in [2.45, 2.75) is 25.9 Å². The van der Waals surface area contributed by atoms with Gasteiger partial charge in [-0.2, -0.15) is 0 Å². The molecule has 0 aliphatic carbocycles. The highest BCUT2D eigenvalue weighted by atomic mass is 16.5. The highest BCUT2D eigenvalue weighted by molar-refractivity contribution is 5.61. The minimum Gasteiger partial charge on any atom is -0.494 e. The molecule has 1 heterocycles. The van der Waals surface area contributed by atoms with Crippen LogP contribution in [0, 0.1) is 5.92 Å². The molecule has 1 saturated heterocycles. The summed E-state index contributed by atoms with van der Waals surface area (Å²) in [6.07, 6.45) is 3.60. The SMILES string of the molecule is COc1cc(OCc2ccccc2)ccc1N1CCC(Cc2ccccc2)CC1. The molecule has 0 N–H and O–H groups in total. The number of hydrogen-bond acceptors (Lipinski definition) is 3. The number of piperidine rings is 1. The molecular formula is C26H29NO2. The first-order valence-electron chi connectivity index (χ1n) is 10.5. The molecule has 29 heavy (non-hydrogen) atoms. The van der Waals surface area contributed by atoms with E-state index < -0.39 is 0 Å². The van der Waals surface area contributed by atoms with Crippen LogP contribution in [0.4, 0.5) is 5.69 Å². The molecule has 0 saturated carbocycles. The zero-order chi connectivity index (χ0) is 19.9. The Kier molecular flexibility index (Phi) is 6.35. The van der Waals surface area contributed by atoms with Gasteiger partial charge in [-0.1, -0.05) is 60.7 Å². The molecule has 3 nitrogen and oxygen atoms in total. The Labute approximate surface area is 173 Å². The van der Waals surface area contributed by atoms with Crippen molar-refractivity contribution in [2.75, 3.05) is 25.1 Å². The minimum atomic E-state index is 0.564. The molecule has 3 aromatic rings. The van der Waals surface area contributed by atoms with E-state index in [0.717, 1.165) is 41.8 Å². The fourth-order valence-corrected chi connectivity index (χ4v) is 4.08. The first-order valence-corrected chi connectivity index (χ1v) is 10.5. The third kappa shape index (κ3) is 5.11. The molecule has 0 aromatic heterocycles. The molecule has 0 amide bonds. The predicted octanol–water partition coefficient (Wildman–Crippen LogP) is 5.73. The number of anilines is 1. The fourth-order valence-electron chi connectivity index (χ4n) is 4.08. The second-order valence-electron chi connectivity index (χ2n) is 7.73. The second-order valence-corrected chi connectivity index (χ2v) is 7.73. The van der Waals surface area contributed by atoms with Gasteiger partial charge in [-0.3, -0.25) is 0 Å². The molecule has 1 aliphatic heterocycles. The van der Waals surface area contributed by atoms with E-state index in [-0.39, 0.29) is 0 Å². The van der Waals surface area contributed by atoms with Crippen molar-refractivity contribution < 1.29 is 9.47 Å². The maximum atomic E-state index is 5.96. The minimum absolute atomic E-state index is 0.564. The molecule has 0 atom stereocenters. The van der Waals surface area contributed by atoms with Gasteiger partial charge in [-0.15, -0.1) is 0 Å². The van der Waals surface area contributed by atoms with E-state index in [1.54, 1.807) is 7.11 Å². The quantitative estimate of drug-likeness (QED) is 0.516. The molecule has 0 spiro atoms. The Balaban J connectivity index is 1.36. The first kappa shape index (κ1) is 19.4. The topological polar surface area (TPSA) is 21.7 Å². The van der Waals surface area contributed by atoms with Crippen LogP contribution in [0.15, 0.2) is 78.9 Å². The number of methoxy groups -OCH3 is 1. The van der Waals surface area contributed by atoms with Gasteiger partial charge in [0.1, 0.15) is 18.1 Å². The summed E-state index contributed by atoms with van der Waals surface area (Å²) >= 11 is 0. The summed E-state index contributed by atoms with van der Waals surface area (Å²) in [7, 11) is 1.74. The summed E-state index contributed by atoms with van der Waals surface area (Å²) in [5.41, 5.74) is 3.78. The van der Waals surface area contributed by atoms with E-state index in [9.17, 15) is 0 Å². The van der Waals surface area contributed by atoms with Gasteiger partial charge in [0.15, 0.2) is 0 Å². The van der Waals surface area contributed by atoms with E-state index >= 15 is 0 Å². The van der Waals surface area contributed by atoms with Crippen LogP contribution in [0.1, 0.15) is 24.0 Å². The second kappa shape index (κ2) is 9.51. The number of ether oxygens (including phenoxy) is 2. The van der Waals surface area contributed by atoms with Crippen LogP contribution in [0.2, 0.25) is 0 Å². The van der Waals surface area contributed by atoms with Crippen LogP contribution in [-0.2, 0) is 13.0 Å². The van der Waals surface area contributed by atoms with Gasteiger partial charge in [-0.05, 0) is 48.4 Å². The molecule has 0 radical (unpaired) electrons. The highest BCUT2D eigenvalue weighted by Gasteiger charge is 2.22. The lowest BCUT2D eigenvalue weighted by Crippen LogP contribution is -2.34. The number of rotatable bonds is 7. The van der Waals surface area contributed by atoms with Crippen LogP contribution in [-0.4, -0.2) is 20.2 Å². The van der Waals surface area contributed by atoms with Crippen LogP contribution in [0.5, 0.6) is 11.5 Å². The summed E-state index contributed by atoms with van der Waals surface area (Å²) in [6, 6.07) is 27.3. The number of hydrogen-bond donors (Lipinski definition) is 0. The van der Waals surface area contributed by atoms with Crippen LogP contribution < -0.4 is 14.4 Å². The molecule has 0 unspecified atom stereocenters. The Bertz CT molecular complexity index is 887. The van der Waals surface area contributed by atoms with Crippen molar-refractivity contribution in [3.05, 3.63) is 90.0 Å². The smallest absolute Gasteiger partial charge is 0.145 e. The van der Waals surface area contributed by atoms with Gasteiger partial charge in [0.25, 0.3) is 0 Å². The summed E-state index contributed by atoms with van der Waals surface area (Å²) in [5, 5.41) is 0. The number of benzene rings is 3. The van der Waals surface area contributed by atoms with E-state index in [4.69, 9.17) is 9.47 Å². The summed E-state index contributed by atoms with van der Waals surface area (Å²) in [6.45, 7) is 2.70. The monoisotopic (exact) mass is 387 g/mol. The molecular weight excluding hydrogens is 358 g/mol. The van der Waals surface area contributed by atoms with E-state index in [1.165, 1.54) is 24.8 Å². The van der Waals surface area contributed by atoms with Crippen molar-refractivity contribution in [3.8, 4) is 11.5 Å². The average molecular weight is 388 g/mol. The summed E-state index contributed by atoms with van der Waals surface area (Å²) < 4.78 is 11.7. The van der Waals surface area contributed by atoms with E-state index in [0.29, 0.717) is 6.61 Å². The lowest BCUT2D eigenvalue weighted by atomic mass is 9.90. The zero-order valence-electron chi connectivity index (χ0n) is 17.1. The molecule has 150 valence electrons. The van der Waals surface area contributed by atoms with Gasteiger partial charge in [0.05, 0.1) is 12.8 Å². The van der Waals surface area contributed by atoms with Crippen LogP contribution in [0.3, 0.4) is 0 Å². The summed E-state index contributed by atoms with van der Waals surface area (Å²) in [5.74, 6) is 2.48. The molecule has 0 bridgehead atoms.